The Morgan fingerprint density at radius 1 is 1.38 bits per heavy atom. The quantitative estimate of drug-likeness (QED) is 0.795. The van der Waals surface area contributed by atoms with Crippen molar-refractivity contribution in [2.45, 2.75) is 18.3 Å². The van der Waals surface area contributed by atoms with Crippen molar-refractivity contribution in [2.24, 2.45) is 0 Å². The van der Waals surface area contributed by atoms with E-state index in [1.165, 1.54) is 29.4 Å². The van der Waals surface area contributed by atoms with Gasteiger partial charge in [-0.1, -0.05) is 0 Å². The molecule has 1 N–H and O–H groups in total. The van der Waals surface area contributed by atoms with Crippen LogP contribution in [0.3, 0.4) is 0 Å². The van der Waals surface area contributed by atoms with E-state index in [4.69, 9.17) is 0 Å². The lowest BCUT2D eigenvalue weighted by molar-refractivity contribution is 0.194. The minimum atomic E-state index is 0.561. The smallest absolute Gasteiger partial charge is 0.0624 e. The van der Waals surface area contributed by atoms with Gasteiger partial charge in [-0.05, 0) is 19.2 Å². The predicted octanol–water partition coefficient (Wildman–Crippen LogP) is 1.31. The largest absolute Gasteiger partial charge is 0.345 e. The van der Waals surface area contributed by atoms with E-state index in [0.29, 0.717) is 6.04 Å². The predicted molar refractivity (Wildman–Crippen MR) is 68.8 cm³/mol. The topological polar surface area (TPSA) is 20.2 Å². The van der Waals surface area contributed by atoms with E-state index in [1.54, 1.807) is 0 Å². The van der Waals surface area contributed by atoms with E-state index in [-0.39, 0.29) is 0 Å². The molecule has 3 heterocycles. The lowest BCUT2D eigenvalue weighted by Gasteiger charge is -2.34. The molecule has 1 unspecified atom stereocenters. The van der Waals surface area contributed by atoms with Crippen LogP contribution in [0.15, 0.2) is 12.1 Å². The van der Waals surface area contributed by atoms with E-state index >= 15 is 0 Å². The third-order valence-electron chi connectivity index (χ3n) is 3.67. The van der Waals surface area contributed by atoms with Gasteiger partial charge in [-0.2, -0.15) is 11.8 Å². The zero-order valence-corrected chi connectivity index (χ0v) is 10.6. The molecule has 3 rings (SSSR count). The molecule has 3 nitrogen and oxygen atoms in total. The zero-order valence-electron chi connectivity index (χ0n) is 9.78. The van der Waals surface area contributed by atoms with Crippen LogP contribution >= 0.6 is 11.8 Å². The van der Waals surface area contributed by atoms with E-state index in [0.717, 1.165) is 19.6 Å². The first-order valence-corrected chi connectivity index (χ1v) is 7.19. The monoisotopic (exact) mass is 237 g/mol. The second kappa shape index (κ2) is 4.43. The Hall–Kier alpha value is -0.450. The Labute approximate surface area is 101 Å². The Morgan fingerprint density at radius 3 is 3.19 bits per heavy atom. The van der Waals surface area contributed by atoms with E-state index in [1.807, 2.05) is 11.8 Å². The molecular formula is C12H19N3S. The van der Waals surface area contributed by atoms with Gasteiger partial charge >= 0.3 is 0 Å². The van der Waals surface area contributed by atoms with Crippen molar-refractivity contribution in [3.8, 4) is 0 Å². The first-order valence-electron chi connectivity index (χ1n) is 6.03. The Kier molecular flexibility index (Phi) is 2.96. The third-order valence-corrected chi connectivity index (χ3v) is 4.64. The van der Waals surface area contributed by atoms with Crippen LogP contribution < -0.4 is 5.32 Å². The van der Waals surface area contributed by atoms with Crippen LogP contribution in [0.1, 0.15) is 17.4 Å². The Balaban J connectivity index is 1.90. The summed E-state index contributed by atoms with van der Waals surface area (Å²) < 4.78 is 2.53. The maximum atomic E-state index is 3.50. The van der Waals surface area contributed by atoms with Crippen molar-refractivity contribution in [1.82, 2.24) is 14.8 Å². The highest BCUT2D eigenvalue weighted by Gasteiger charge is 2.25. The fourth-order valence-corrected chi connectivity index (χ4v) is 3.60. The molecule has 1 fully saturated rings. The van der Waals surface area contributed by atoms with Crippen molar-refractivity contribution >= 4 is 11.8 Å². The number of thioether (sulfide) groups is 1. The summed E-state index contributed by atoms with van der Waals surface area (Å²) in [5, 5.41) is 3.50. The number of hydrogen-bond acceptors (Lipinski definition) is 3. The number of fused-ring (bicyclic) bond motifs is 1. The van der Waals surface area contributed by atoms with Gasteiger partial charge < -0.3 is 9.88 Å². The molecule has 0 amide bonds. The molecular weight excluding hydrogens is 218 g/mol. The van der Waals surface area contributed by atoms with Crippen LogP contribution in [0.5, 0.6) is 0 Å². The first kappa shape index (κ1) is 10.7. The normalized spacial score (nSPS) is 26.7. The van der Waals surface area contributed by atoms with Crippen molar-refractivity contribution in [2.75, 3.05) is 32.4 Å². The van der Waals surface area contributed by atoms with E-state index in [9.17, 15) is 0 Å². The molecule has 0 spiro atoms. The molecule has 88 valence electrons. The SMILES string of the molecule is CN1CCNCC1c1ccc2n1CCSC2. The van der Waals surface area contributed by atoms with Crippen molar-refractivity contribution in [1.29, 1.82) is 0 Å². The molecule has 1 aromatic rings. The first-order chi connectivity index (χ1) is 7.86. The van der Waals surface area contributed by atoms with Crippen LogP contribution in [0, 0.1) is 0 Å². The van der Waals surface area contributed by atoms with Gasteiger partial charge in [0.05, 0.1) is 6.04 Å². The standard InChI is InChI=1S/C12H19N3S/c1-14-5-4-13-8-12(14)11-3-2-10-9-16-7-6-15(10)11/h2-3,12-13H,4-9H2,1H3. The van der Waals surface area contributed by atoms with Gasteiger partial charge in [0.25, 0.3) is 0 Å². The minimum Gasteiger partial charge on any atom is -0.345 e. The average Bonchev–Trinajstić information content (AvgIpc) is 2.74. The van der Waals surface area contributed by atoms with Gasteiger partial charge in [0.1, 0.15) is 0 Å². The number of piperazine rings is 1. The fourth-order valence-electron chi connectivity index (χ4n) is 2.69. The number of rotatable bonds is 1. The van der Waals surface area contributed by atoms with Crippen LogP contribution in [-0.2, 0) is 12.3 Å². The summed E-state index contributed by atoms with van der Waals surface area (Å²) in [6.07, 6.45) is 0. The summed E-state index contributed by atoms with van der Waals surface area (Å²) in [6, 6.07) is 5.20. The number of nitrogens with one attached hydrogen (secondary N) is 1. The number of likely N-dealkylation sites (N-methyl/N-ethyl adjacent to an activating group) is 1. The maximum absolute atomic E-state index is 3.50. The zero-order chi connectivity index (χ0) is 11.0. The molecule has 1 saturated heterocycles. The molecule has 1 atom stereocenters. The number of aromatic nitrogens is 1. The molecule has 2 aliphatic rings. The Morgan fingerprint density at radius 2 is 2.31 bits per heavy atom. The molecule has 16 heavy (non-hydrogen) atoms. The van der Waals surface area contributed by atoms with Crippen LogP contribution in [0.25, 0.3) is 0 Å². The molecule has 4 heteroatoms. The lowest BCUT2D eigenvalue weighted by atomic mass is 10.1. The van der Waals surface area contributed by atoms with E-state index in [2.05, 4.69) is 34.0 Å². The summed E-state index contributed by atoms with van der Waals surface area (Å²) in [5.41, 5.74) is 3.01. The summed E-state index contributed by atoms with van der Waals surface area (Å²) in [5.74, 6) is 2.45. The number of hydrogen-bond donors (Lipinski definition) is 1. The maximum Gasteiger partial charge on any atom is 0.0624 e. The summed E-state index contributed by atoms with van der Waals surface area (Å²) in [4.78, 5) is 2.47. The Bertz CT molecular complexity index is 374. The molecule has 0 aromatic carbocycles. The van der Waals surface area contributed by atoms with Gasteiger partial charge in [0.2, 0.25) is 0 Å². The highest BCUT2D eigenvalue weighted by atomic mass is 32.2. The molecule has 1 aromatic heterocycles. The van der Waals surface area contributed by atoms with Crippen molar-refractivity contribution in [3.05, 3.63) is 23.5 Å². The number of nitrogens with zero attached hydrogens (tertiary/aromatic N) is 2. The molecule has 0 bridgehead atoms. The molecule has 0 radical (unpaired) electrons. The van der Waals surface area contributed by atoms with Crippen LogP contribution in [0.4, 0.5) is 0 Å². The van der Waals surface area contributed by atoms with Gasteiger partial charge in [-0.3, -0.25) is 4.90 Å². The second-order valence-electron chi connectivity index (χ2n) is 4.65. The van der Waals surface area contributed by atoms with Gasteiger partial charge in [0.15, 0.2) is 0 Å². The second-order valence-corrected chi connectivity index (χ2v) is 5.76. The minimum absolute atomic E-state index is 0.561. The highest BCUT2D eigenvalue weighted by molar-refractivity contribution is 7.98. The summed E-state index contributed by atoms with van der Waals surface area (Å²) in [7, 11) is 2.24. The van der Waals surface area contributed by atoms with Crippen molar-refractivity contribution in [3.63, 3.8) is 0 Å². The molecule has 0 saturated carbocycles. The van der Waals surface area contributed by atoms with Gasteiger partial charge in [0, 0.05) is 49.1 Å². The fraction of sp³-hybridized carbons (Fsp3) is 0.667. The van der Waals surface area contributed by atoms with Crippen molar-refractivity contribution < 1.29 is 0 Å². The molecule has 2 aliphatic heterocycles. The van der Waals surface area contributed by atoms with Gasteiger partial charge in [-0.25, -0.2) is 0 Å². The summed E-state index contributed by atoms with van der Waals surface area (Å²) >= 11 is 2.05. The third kappa shape index (κ3) is 1.79. The highest BCUT2D eigenvalue weighted by Crippen LogP contribution is 2.28. The van der Waals surface area contributed by atoms with E-state index < -0.39 is 0 Å². The van der Waals surface area contributed by atoms with Crippen LogP contribution in [0.2, 0.25) is 0 Å². The molecule has 0 aliphatic carbocycles. The van der Waals surface area contributed by atoms with Gasteiger partial charge in [-0.15, -0.1) is 0 Å². The summed E-state index contributed by atoms with van der Waals surface area (Å²) in [6.45, 7) is 4.55. The van der Waals surface area contributed by atoms with Crippen LogP contribution in [-0.4, -0.2) is 41.9 Å². The lowest BCUT2D eigenvalue weighted by Crippen LogP contribution is -2.44. The average molecular weight is 237 g/mol.